The van der Waals surface area contributed by atoms with E-state index in [1.165, 1.54) is 18.2 Å². The smallest absolute Gasteiger partial charge is 0.264 e. The lowest BCUT2D eigenvalue weighted by Crippen LogP contribution is -2.22. The molecule has 0 atom stereocenters. The average Bonchev–Trinajstić information content (AvgIpc) is 2.90. The minimum absolute atomic E-state index is 0.197. The van der Waals surface area contributed by atoms with Gasteiger partial charge in [0.05, 0.1) is 15.5 Å². The van der Waals surface area contributed by atoms with Crippen LogP contribution >= 0.6 is 15.9 Å². The van der Waals surface area contributed by atoms with Crippen LogP contribution in [0.3, 0.4) is 0 Å². The summed E-state index contributed by atoms with van der Waals surface area (Å²) in [5, 5.41) is 2.75. The van der Waals surface area contributed by atoms with Crippen LogP contribution in [0.4, 0.5) is 10.3 Å². The monoisotopic (exact) mass is 391 g/mol. The number of hydrogen-bond acceptors (Lipinski definition) is 3. The van der Waals surface area contributed by atoms with Gasteiger partial charge in [0.25, 0.3) is 5.91 Å². The highest BCUT2D eigenvalue weighted by Gasteiger charge is 2.13. The molecule has 3 aromatic rings. The lowest BCUT2D eigenvalue weighted by atomic mass is 10.3. The third-order valence-electron chi connectivity index (χ3n) is 3.47. The number of carbonyl (C=O) groups is 1. The molecule has 1 amide bonds. The first-order chi connectivity index (χ1) is 11.6. The quantitative estimate of drug-likeness (QED) is 0.715. The van der Waals surface area contributed by atoms with E-state index >= 15 is 0 Å². The van der Waals surface area contributed by atoms with Crippen molar-refractivity contribution in [3.8, 4) is 5.75 Å². The van der Waals surface area contributed by atoms with E-state index in [0.717, 1.165) is 11.0 Å². The summed E-state index contributed by atoms with van der Waals surface area (Å²) in [6.07, 6.45) is 0. The highest BCUT2D eigenvalue weighted by molar-refractivity contribution is 9.10. The maximum atomic E-state index is 13.0. The summed E-state index contributed by atoms with van der Waals surface area (Å²) in [6, 6.07) is 11.7. The Labute approximate surface area is 146 Å². The number of imidazole rings is 1. The van der Waals surface area contributed by atoms with Gasteiger partial charge in [-0.1, -0.05) is 12.1 Å². The molecule has 0 spiro atoms. The van der Waals surface area contributed by atoms with Gasteiger partial charge >= 0.3 is 0 Å². The van der Waals surface area contributed by atoms with E-state index in [0.29, 0.717) is 22.7 Å². The van der Waals surface area contributed by atoms with Crippen LogP contribution in [0, 0.1) is 5.82 Å². The van der Waals surface area contributed by atoms with Gasteiger partial charge in [0.1, 0.15) is 11.6 Å². The van der Waals surface area contributed by atoms with Crippen molar-refractivity contribution in [1.29, 1.82) is 0 Å². The Morgan fingerprint density at radius 1 is 1.33 bits per heavy atom. The van der Waals surface area contributed by atoms with Crippen molar-refractivity contribution in [2.45, 2.75) is 13.5 Å². The van der Waals surface area contributed by atoms with Crippen LogP contribution < -0.4 is 10.1 Å². The fraction of sp³-hybridized carbons (Fsp3) is 0.176. The molecular weight excluding hydrogens is 377 g/mol. The maximum absolute atomic E-state index is 13.0. The van der Waals surface area contributed by atoms with E-state index in [2.05, 4.69) is 26.2 Å². The molecule has 3 rings (SSSR count). The second kappa shape index (κ2) is 7.00. The summed E-state index contributed by atoms with van der Waals surface area (Å²) in [7, 11) is 0. The Kier molecular flexibility index (Phi) is 4.80. The van der Waals surface area contributed by atoms with E-state index in [4.69, 9.17) is 4.74 Å². The number of halogens is 2. The molecule has 0 fully saturated rings. The number of benzene rings is 2. The molecule has 7 heteroatoms. The molecule has 0 aliphatic carbocycles. The minimum atomic E-state index is -0.379. The number of anilines is 1. The zero-order valence-corrected chi connectivity index (χ0v) is 14.5. The normalized spacial score (nSPS) is 10.8. The SMILES string of the molecule is CCn1c(NC(=O)COc2ccc(F)cc2Br)nc2ccccc21. The van der Waals surface area contributed by atoms with E-state index in [-0.39, 0.29) is 18.3 Å². The summed E-state index contributed by atoms with van der Waals surface area (Å²) in [6.45, 7) is 2.47. The number of aromatic nitrogens is 2. The molecule has 0 radical (unpaired) electrons. The minimum Gasteiger partial charge on any atom is -0.483 e. The van der Waals surface area contributed by atoms with Gasteiger partial charge in [0, 0.05) is 6.54 Å². The molecule has 2 aromatic carbocycles. The van der Waals surface area contributed by atoms with Crippen molar-refractivity contribution in [1.82, 2.24) is 9.55 Å². The zero-order chi connectivity index (χ0) is 17.1. The predicted octanol–water partition coefficient (Wildman–Crippen LogP) is 3.98. The van der Waals surface area contributed by atoms with E-state index < -0.39 is 0 Å². The second-order valence-electron chi connectivity index (χ2n) is 5.08. The van der Waals surface area contributed by atoms with Crippen molar-refractivity contribution in [3.05, 3.63) is 52.8 Å². The van der Waals surface area contributed by atoms with Crippen LogP contribution in [0.1, 0.15) is 6.92 Å². The van der Waals surface area contributed by atoms with E-state index in [9.17, 15) is 9.18 Å². The van der Waals surface area contributed by atoms with Crippen molar-refractivity contribution < 1.29 is 13.9 Å². The van der Waals surface area contributed by atoms with Gasteiger partial charge in [-0.25, -0.2) is 9.37 Å². The van der Waals surface area contributed by atoms with Crippen LogP contribution in [-0.2, 0) is 11.3 Å². The van der Waals surface area contributed by atoms with Crippen LogP contribution in [0.2, 0.25) is 0 Å². The third kappa shape index (κ3) is 3.41. The molecule has 0 saturated carbocycles. The summed E-state index contributed by atoms with van der Waals surface area (Å²) < 4.78 is 20.8. The first kappa shape index (κ1) is 16.4. The Hall–Kier alpha value is -2.41. The second-order valence-corrected chi connectivity index (χ2v) is 5.93. The molecule has 1 N–H and O–H groups in total. The number of nitrogens with one attached hydrogen (secondary N) is 1. The van der Waals surface area contributed by atoms with Gasteiger partial charge in [-0.05, 0) is 53.2 Å². The van der Waals surface area contributed by atoms with Crippen molar-refractivity contribution in [2.24, 2.45) is 0 Å². The molecule has 0 aliphatic heterocycles. The summed E-state index contributed by atoms with van der Waals surface area (Å²) in [5.74, 6) is 0.160. The van der Waals surface area contributed by atoms with Gasteiger partial charge in [0.15, 0.2) is 6.61 Å². The number of hydrogen-bond donors (Lipinski definition) is 1. The Morgan fingerprint density at radius 2 is 2.12 bits per heavy atom. The number of para-hydroxylation sites is 2. The summed E-state index contributed by atoms with van der Waals surface area (Å²) in [5.41, 5.74) is 1.77. The highest BCUT2D eigenvalue weighted by Crippen LogP contribution is 2.25. The Morgan fingerprint density at radius 3 is 2.88 bits per heavy atom. The first-order valence-electron chi connectivity index (χ1n) is 7.41. The van der Waals surface area contributed by atoms with Crippen LogP contribution in [0.15, 0.2) is 46.9 Å². The molecule has 0 saturated heterocycles. The maximum Gasteiger partial charge on any atom is 0.264 e. The molecular formula is C17H15BrFN3O2. The van der Waals surface area contributed by atoms with Gasteiger partial charge in [-0.2, -0.15) is 0 Å². The number of fused-ring (bicyclic) bond motifs is 1. The van der Waals surface area contributed by atoms with Crippen LogP contribution in [0.25, 0.3) is 11.0 Å². The summed E-state index contributed by atoms with van der Waals surface area (Å²) in [4.78, 5) is 16.6. The Bertz CT molecular complexity index is 895. The van der Waals surface area contributed by atoms with Gasteiger partial charge < -0.3 is 9.30 Å². The third-order valence-corrected chi connectivity index (χ3v) is 4.09. The molecule has 0 aliphatic rings. The zero-order valence-electron chi connectivity index (χ0n) is 12.9. The fourth-order valence-electron chi connectivity index (χ4n) is 2.39. The number of amides is 1. The number of carbonyl (C=O) groups excluding carboxylic acids is 1. The van der Waals surface area contributed by atoms with Crippen LogP contribution in [-0.4, -0.2) is 22.1 Å². The lowest BCUT2D eigenvalue weighted by Gasteiger charge is -2.10. The van der Waals surface area contributed by atoms with Gasteiger partial charge in [-0.15, -0.1) is 0 Å². The highest BCUT2D eigenvalue weighted by atomic mass is 79.9. The molecule has 124 valence electrons. The van der Waals surface area contributed by atoms with Crippen LogP contribution in [0.5, 0.6) is 5.75 Å². The van der Waals surface area contributed by atoms with Gasteiger partial charge in [0.2, 0.25) is 5.95 Å². The van der Waals surface area contributed by atoms with Crippen molar-refractivity contribution in [3.63, 3.8) is 0 Å². The van der Waals surface area contributed by atoms with Gasteiger partial charge in [-0.3, -0.25) is 10.1 Å². The van der Waals surface area contributed by atoms with Crippen molar-refractivity contribution in [2.75, 3.05) is 11.9 Å². The average molecular weight is 392 g/mol. The molecule has 5 nitrogen and oxygen atoms in total. The fourth-order valence-corrected chi connectivity index (χ4v) is 2.85. The molecule has 1 heterocycles. The number of ether oxygens (including phenoxy) is 1. The Balaban J connectivity index is 1.71. The first-order valence-corrected chi connectivity index (χ1v) is 8.20. The molecule has 0 bridgehead atoms. The number of rotatable bonds is 5. The standard InChI is InChI=1S/C17H15BrFN3O2/c1-2-22-14-6-4-3-5-13(14)20-17(22)21-16(23)10-24-15-8-7-11(19)9-12(15)18/h3-9H,2,10H2,1H3,(H,20,21,23). The molecule has 0 unspecified atom stereocenters. The topological polar surface area (TPSA) is 56.2 Å². The number of nitrogens with zero attached hydrogens (tertiary/aromatic N) is 2. The predicted molar refractivity (Wildman–Crippen MR) is 93.6 cm³/mol. The van der Waals surface area contributed by atoms with E-state index in [1.807, 2.05) is 35.8 Å². The molecule has 1 aromatic heterocycles. The van der Waals surface area contributed by atoms with E-state index in [1.54, 1.807) is 0 Å². The van der Waals surface area contributed by atoms with Crippen molar-refractivity contribution >= 4 is 38.8 Å². The number of aryl methyl sites for hydroxylation is 1. The summed E-state index contributed by atoms with van der Waals surface area (Å²) >= 11 is 3.20. The lowest BCUT2D eigenvalue weighted by molar-refractivity contribution is -0.118. The largest absolute Gasteiger partial charge is 0.483 e. The molecule has 24 heavy (non-hydrogen) atoms.